The molecular weight excluding hydrogens is 302 g/mol. The van der Waals surface area contributed by atoms with Crippen molar-refractivity contribution in [3.63, 3.8) is 0 Å². The average molecular weight is 325 g/mol. The lowest BCUT2D eigenvalue weighted by Crippen LogP contribution is -2.05. The number of ether oxygens (including phenoxy) is 3. The zero-order valence-electron chi connectivity index (χ0n) is 14.6. The smallest absolute Gasteiger partial charge is 0.123 e. The molecule has 0 saturated carbocycles. The Morgan fingerprint density at radius 3 is 2.25 bits per heavy atom. The summed E-state index contributed by atoms with van der Waals surface area (Å²) in [6, 6.07) is 14.0. The Morgan fingerprint density at radius 1 is 0.958 bits per heavy atom. The third-order valence-electron chi connectivity index (χ3n) is 4.15. The highest BCUT2D eigenvalue weighted by atomic mass is 16.5. The highest BCUT2D eigenvalue weighted by molar-refractivity contribution is 5.47. The number of nitrogens with zero attached hydrogens (tertiary/aromatic N) is 1. The maximum absolute atomic E-state index is 9.73. The number of methoxy groups -OCH3 is 3. The molecule has 2 aromatic rings. The van der Waals surface area contributed by atoms with Gasteiger partial charge in [-0.3, -0.25) is 0 Å². The van der Waals surface area contributed by atoms with Crippen LogP contribution in [0, 0.1) is 11.3 Å². The number of hydrogen-bond donors (Lipinski definition) is 0. The first-order chi connectivity index (χ1) is 11.7. The minimum atomic E-state index is -0.351. The molecule has 1 atom stereocenters. The third-order valence-corrected chi connectivity index (χ3v) is 4.15. The van der Waals surface area contributed by atoms with E-state index in [2.05, 4.69) is 25.1 Å². The Morgan fingerprint density at radius 2 is 1.67 bits per heavy atom. The van der Waals surface area contributed by atoms with Gasteiger partial charge in [-0.15, -0.1) is 0 Å². The topological polar surface area (TPSA) is 51.5 Å². The Kier molecular flexibility index (Phi) is 6.08. The number of hydrogen-bond acceptors (Lipinski definition) is 4. The van der Waals surface area contributed by atoms with Gasteiger partial charge in [0.15, 0.2) is 0 Å². The van der Waals surface area contributed by atoms with Crippen molar-refractivity contribution in [3.05, 3.63) is 53.1 Å². The van der Waals surface area contributed by atoms with Crippen molar-refractivity contribution in [3.8, 4) is 23.3 Å². The van der Waals surface area contributed by atoms with Gasteiger partial charge in [-0.25, -0.2) is 0 Å². The molecule has 0 aliphatic carbocycles. The van der Waals surface area contributed by atoms with Crippen molar-refractivity contribution < 1.29 is 14.2 Å². The van der Waals surface area contributed by atoms with E-state index < -0.39 is 0 Å². The van der Waals surface area contributed by atoms with Gasteiger partial charge in [-0.1, -0.05) is 19.1 Å². The van der Waals surface area contributed by atoms with Crippen LogP contribution in [-0.2, 0) is 12.8 Å². The van der Waals surface area contributed by atoms with Gasteiger partial charge in [0.25, 0.3) is 0 Å². The summed E-state index contributed by atoms with van der Waals surface area (Å²) in [6.07, 6.45) is 1.49. The summed E-state index contributed by atoms with van der Waals surface area (Å²) in [6.45, 7) is 2.11. The number of nitriles is 1. The van der Waals surface area contributed by atoms with Gasteiger partial charge in [0.05, 0.1) is 33.3 Å². The second kappa shape index (κ2) is 8.26. The Labute approximate surface area is 143 Å². The van der Waals surface area contributed by atoms with Crippen LogP contribution in [0.2, 0.25) is 0 Å². The van der Waals surface area contributed by atoms with Crippen LogP contribution in [-0.4, -0.2) is 21.3 Å². The van der Waals surface area contributed by atoms with E-state index in [1.807, 2.05) is 24.3 Å². The van der Waals surface area contributed by atoms with E-state index in [1.54, 1.807) is 21.3 Å². The summed E-state index contributed by atoms with van der Waals surface area (Å²) in [5.41, 5.74) is 3.07. The fourth-order valence-corrected chi connectivity index (χ4v) is 2.77. The van der Waals surface area contributed by atoms with Gasteiger partial charge in [-0.2, -0.15) is 5.26 Å². The van der Waals surface area contributed by atoms with Crippen molar-refractivity contribution in [2.45, 2.75) is 25.7 Å². The van der Waals surface area contributed by atoms with Crippen molar-refractivity contribution in [2.24, 2.45) is 0 Å². The number of benzene rings is 2. The molecule has 2 aromatic carbocycles. The molecule has 0 amide bonds. The second-order valence-electron chi connectivity index (χ2n) is 5.49. The highest BCUT2D eigenvalue weighted by Crippen LogP contribution is 2.34. The van der Waals surface area contributed by atoms with Crippen molar-refractivity contribution in [1.29, 1.82) is 5.26 Å². The number of rotatable bonds is 7. The third kappa shape index (κ3) is 3.80. The minimum Gasteiger partial charge on any atom is -0.497 e. The SMILES string of the molecule is CCc1ccc(OC)c(CC(C#N)c2cc(OC)ccc2OC)c1. The summed E-state index contributed by atoms with van der Waals surface area (Å²) in [4.78, 5) is 0. The second-order valence-corrected chi connectivity index (χ2v) is 5.49. The fraction of sp³-hybridized carbons (Fsp3) is 0.350. The molecule has 126 valence electrons. The molecule has 0 N–H and O–H groups in total. The zero-order chi connectivity index (χ0) is 17.5. The van der Waals surface area contributed by atoms with Crippen LogP contribution < -0.4 is 14.2 Å². The van der Waals surface area contributed by atoms with E-state index >= 15 is 0 Å². The molecule has 4 heteroatoms. The Balaban J connectivity index is 2.42. The molecule has 0 bridgehead atoms. The van der Waals surface area contributed by atoms with Crippen LogP contribution in [0.1, 0.15) is 29.5 Å². The van der Waals surface area contributed by atoms with Crippen LogP contribution >= 0.6 is 0 Å². The standard InChI is InChI=1S/C20H23NO3/c1-5-14-6-8-19(23-3)15(10-14)11-16(13-21)18-12-17(22-2)7-9-20(18)24-4/h6-10,12,16H,5,11H2,1-4H3. The lowest BCUT2D eigenvalue weighted by atomic mass is 9.91. The molecule has 4 nitrogen and oxygen atoms in total. The van der Waals surface area contributed by atoms with Crippen molar-refractivity contribution in [2.75, 3.05) is 21.3 Å². The fourth-order valence-electron chi connectivity index (χ4n) is 2.77. The normalized spacial score (nSPS) is 11.5. The quantitative estimate of drug-likeness (QED) is 0.768. The van der Waals surface area contributed by atoms with Crippen LogP contribution in [0.25, 0.3) is 0 Å². The van der Waals surface area contributed by atoms with Crippen LogP contribution in [0.3, 0.4) is 0 Å². The average Bonchev–Trinajstić information content (AvgIpc) is 2.65. The van der Waals surface area contributed by atoms with Crippen LogP contribution in [0.5, 0.6) is 17.2 Å². The predicted molar refractivity (Wildman–Crippen MR) is 94.0 cm³/mol. The lowest BCUT2D eigenvalue weighted by molar-refractivity contribution is 0.396. The van der Waals surface area contributed by atoms with Gasteiger partial charge in [-0.05, 0) is 48.2 Å². The monoisotopic (exact) mass is 325 g/mol. The highest BCUT2D eigenvalue weighted by Gasteiger charge is 2.19. The summed E-state index contributed by atoms with van der Waals surface area (Å²) in [5, 5.41) is 9.73. The van der Waals surface area contributed by atoms with E-state index in [1.165, 1.54) is 5.56 Å². The summed E-state index contributed by atoms with van der Waals surface area (Å²) in [5.74, 6) is 1.85. The molecule has 0 aliphatic heterocycles. The maximum Gasteiger partial charge on any atom is 0.123 e. The molecule has 0 aromatic heterocycles. The summed E-state index contributed by atoms with van der Waals surface area (Å²) < 4.78 is 16.2. The van der Waals surface area contributed by atoms with Crippen molar-refractivity contribution >= 4 is 0 Å². The predicted octanol–water partition coefficient (Wildman–Crippen LogP) is 4.12. The van der Waals surface area contributed by atoms with Gasteiger partial charge in [0, 0.05) is 5.56 Å². The molecule has 0 heterocycles. The van der Waals surface area contributed by atoms with E-state index in [9.17, 15) is 5.26 Å². The maximum atomic E-state index is 9.73. The van der Waals surface area contributed by atoms with Gasteiger partial charge in [0.1, 0.15) is 17.2 Å². The molecule has 24 heavy (non-hydrogen) atoms. The van der Waals surface area contributed by atoms with Crippen LogP contribution in [0.15, 0.2) is 36.4 Å². The first-order valence-electron chi connectivity index (χ1n) is 7.94. The molecule has 0 fully saturated rings. The Bertz CT molecular complexity index is 734. The Hall–Kier alpha value is -2.67. The van der Waals surface area contributed by atoms with E-state index in [0.29, 0.717) is 17.9 Å². The van der Waals surface area contributed by atoms with E-state index in [4.69, 9.17) is 14.2 Å². The zero-order valence-corrected chi connectivity index (χ0v) is 14.6. The largest absolute Gasteiger partial charge is 0.497 e. The minimum absolute atomic E-state index is 0.351. The summed E-state index contributed by atoms with van der Waals surface area (Å²) >= 11 is 0. The first kappa shape index (κ1) is 17.7. The molecular formula is C20H23NO3. The van der Waals surface area contributed by atoms with Gasteiger partial charge in [0.2, 0.25) is 0 Å². The molecule has 0 spiro atoms. The lowest BCUT2D eigenvalue weighted by Gasteiger charge is -2.17. The van der Waals surface area contributed by atoms with Crippen molar-refractivity contribution in [1.82, 2.24) is 0 Å². The van der Waals surface area contributed by atoms with E-state index in [-0.39, 0.29) is 5.92 Å². The first-order valence-corrected chi connectivity index (χ1v) is 7.94. The molecule has 1 unspecified atom stereocenters. The van der Waals surface area contributed by atoms with Crippen LogP contribution in [0.4, 0.5) is 0 Å². The van der Waals surface area contributed by atoms with Gasteiger partial charge >= 0.3 is 0 Å². The molecule has 2 rings (SSSR count). The molecule has 0 radical (unpaired) electrons. The van der Waals surface area contributed by atoms with Gasteiger partial charge < -0.3 is 14.2 Å². The molecule has 0 saturated heterocycles. The summed E-state index contributed by atoms with van der Waals surface area (Å²) in [7, 11) is 4.87. The number of aryl methyl sites for hydroxylation is 1. The molecule has 0 aliphatic rings. The van der Waals surface area contributed by atoms with E-state index in [0.717, 1.165) is 23.3 Å².